The normalized spacial score (nSPS) is 12.9. The molecule has 0 aliphatic carbocycles. The number of hydrogen-bond donors (Lipinski definition) is 1. The Hall–Kier alpha value is -0.0800. The Morgan fingerprint density at radius 3 is 1.42 bits per heavy atom. The zero-order valence-corrected chi connectivity index (χ0v) is 17.2. The van der Waals surface area contributed by atoms with Crippen LogP contribution in [0.3, 0.4) is 0 Å². The monoisotopic (exact) mass is 341 g/mol. The summed E-state index contributed by atoms with van der Waals surface area (Å²) in [7, 11) is 0. The van der Waals surface area contributed by atoms with Crippen molar-refractivity contribution in [2.45, 2.75) is 123 Å². The highest BCUT2D eigenvalue weighted by atomic mass is 16.3. The molecule has 0 aromatic heterocycles. The molecule has 0 aromatic carbocycles. The van der Waals surface area contributed by atoms with Crippen LogP contribution in [0.15, 0.2) is 0 Å². The second-order valence-corrected chi connectivity index (χ2v) is 7.55. The topological polar surface area (TPSA) is 23.5 Å². The van der Waals surface area contributed by atoms with Crippen LogP contribution in [0.2, 0.25) is 0 Å². The maximum absolute atomic E-state index is 9.83. The lowest BCUT2D eigenvalue weighted by Gasteiger charge is -2.30. The lowest BCUT2D eigenvalue weighted by molar-refractivity contribution is 0.110. The summed E-state index contributed by atoms with van der Waals surface area (Å²) in [6.45, 7) is 9.53. The fourth-order valence-corrected chi connectivity index (χ4v) is 3.50. The van der Waals surface area contributed by atoms with Gasteiger partial charge in [0.1, 0.15) is 0 Å². The molecular weight excluding hydrogens is 294 g/mol. The highest BCUT2D eigenvalue weighted by Gasteiger charge is 2.16. The van der Waals surface area contributed by atoms with E-state index in [9.17, 15) is 5.11 Å². The summed E-state index contributed by atoms with van der Waals surface area (Å²) in [6.07, 6.45) is 20.0. The van der Waals surface area contributed by atoms with Crippen molar-refractivity contribution in [3.05, 3.63) is 0 Å². The Morgan fingerprint density at radius 1 is 0.583 bits per heavy atom. The third-order valence-corrected chi connectivity index (χ3v) is 5.22. The Balaban J connectivity index is 4.07. The molecule has 146 valence electrons. The molecule has 0 bridgehead atoms. The van der Waals surface area contributed by atoms with Gasteiger partial charge in [-0.25, -0.2) is 0 Å². The predicted octanol–water partition coefficient (Wildman–Crippen LogP) is 6.56. The van der Waals surface area contributed by atoms with Crippen molar-refractivity contribution < 1.29 is 5.11 Å². The summed E-state index contributed by atoms with van der Waals surface area (Å²) in [5, 5.41) is 9.83. The Labute approximate surface area is 153 Å². The van der Waals surface area contributed by atoms with E-state index in [2.05, 4.69) is 25.7 Å². The molecule has 0 spiro atoms. The minimum Gasteiger partial charge on any atom is -0.395 e. The van der Waals surface area contributed by atoms with E-state index in [4.69, 9.17) is 0 Å². The molecule has 0 aliphatic rings. The van der Waals surface area contributed by atoms with Crippen LogP contribution in [0.1, 0.15) is 117 Å². The molecule has 2 heteroatoms. The van der Waals surface area contributed by atoms with E-state index in [-0.39, 0.29) is 0 Å². The van der Waals surface area contributed by atoms with Gasteiger partial charge in [-0.05, 0) is 32.4 Å². The van der Waals surface area contributed by atoms with Gasteiger partial charge in [-0.1, -0.05) is 97.8 Å². The third kappa shape index (κ3) is 14.3. The van der Waals surface area contributed by atoms with Gasteiger partial charge in [0, 0.05) is 6.04 Å². The first-order valence-corrected chi connectivity index (χ1v) is 11.1. The molecule has 2 nitrogen and oxygen atoms in total. The Bertz CT molecular complexity index is 216. The minimum atomic E-state index is 0.339. The highest BCUT2D eigenvalue weighted by molar-refractivity contribution is 4.71. The zero-order chi connectivity index (χ0) is 17.9. The first kappa shape index (κ1) is 23.9. The summed E-state index contributed by atoms with van der Waals surface area (Å²) < 4.78 is 0. The average molecular weight is 342 g/mol. The summed E-state index contributed by atoms with van der Waals surface area (Å²) in [5.41, 5.74) is 0. The minimum absolute atomic E-state index is 0.339. The van der Waals surface area contributed by atoms with E-state index in [0.717, 1.165) is 0 Å². The molecule has 0 rings (SSSR count). The van der Waals surface area contributed by atoms with Crippen molar-refractivity contribution in [2.75, 3.05) is 19.7 Å². The Kier molecular flexibility index (Phi) is 19.2. The van der Waals surface area contributed by atoms with Gasteiger partial charge in [-0.15, -0.1) is 0 Å². The number of nitrogens with zero attached hydrogens (tertiary/aromatic N) is 1. The number of aliphatic hydroxyl groups excluding tert-OH is 1. The molecule has 0 heterocycles. The first-order valence-electron chi connectivity index (χ1n) is 11.1. The molecular formula is C22H47NO. The SMILES string of the molecule is CCCCCCCCN(CCCCCCCC)C(CO)CCCC. The molecule has 0 aromatic rings. The summed E-state index contributed by atoms with van der Waals surface area (Å²) in [5.74, 6) is 0. The van der Waals surface area contributed by atoms with Gasteiger partial charge in [0.25, 0.3) is 0 Å². The maximum Gasteiger partial charge on any atom is 0.0586 e. The van der Waals surface area contributed by atoms with Crippen molar-refractivity contribution in [2.24, 2.45) is 0 Å². The van der Waals surface area contributed by atoms with Crippen molar-refractivity contribution >= 4 is 0 Å². The standard InChI is InChI=1S/C22H47NO/c1-4-7-10-12-14-16-19-23(22(21-24)18-9-6-3)20-17-15-13-11-8-5-2/h22,24H,4-21H2,1-3H3. The quantitative estimate of drug-likeness (QED) is 0.269. The van der Waals surface area contributed by atoms with Gasteiger partial charge in [0.15, 0.2) is 0 Å². The van der Waals surface area contributed by atoms with Crippen LogP contribution in [-0.2, 0) is 0 Å². The fourth-order valence-electron chi connectivity index (χ4n) is 3.50. The van der Waals surface area contributed by atoms with Crippen LogP contribution >= 0.6 is 0 Å². The molecule has 1 atom stereocenters. The number of unbranched alkanes of at least 4 members (excludes halogenated alkanes) is 11. The molecule has 1 unspecified atom stereocenters. The second-order valence-electron chi connectivity index (χ2n) is 7.55. The van der Waals surface area contributed by atoms with Gasteiger partial charge < -0.3 is 5.11 Å². The van der Waals surface area contributed by atoms with Crippen LogP contribution in [0.4, 0.5) is 0 Å². The van der Waals surface area contributed by atoms with E-state index in [1.54, 1.807) is 0 Å². The lowest BCUT2D eigenvalue weighted by atomic mass is 10.1. The predicted molar refractivity (Wildman–Crippen MR) is 109 cm³/mol. The molecule has 0 fully saturated rings. The van der Waals surface area contributed by atoms with Crippen molar-refractivity contribution in [1.82, 2.24) is 4.90 Å². The van der Waals surface area contributed by atoms with E-state index < -0.39 is 0 Å². The van der Waals surface area contributed by atoms with E-state index in [1.807, 2.05) is 0 Å². The lowest BCUT2D eigenvalue weighted by Crippen LogP contribution is -2.39. The van der Waals surface area contributed by atoms with E-state index in [1.165, 1.54) is 109 Å². The van der Waals surface area contributed by atoms with Crippen LogP contribution in [0, 0.1) is 0 Å². The first-order chi connectivity index (χ1) is 11.8. The summed E-state index contributed by atoms with van der Waals surface area (Å²) in [6, 6.07) is 0.399. The largest absolute Gasteiger partial charge is 0.395 e. The van der Waals surface area contributed by atoms with Crippen molar-refractivity contribution in [3.8, 4) is 0 Å². The smallest absolute Gasteiger partial charge is 0.0586 e. The van der Waals surface area contributed by atoms with Gasteiger partial charge in [-0.2, -0.15) is 0 Å². The van der Waals surface area contributed by atoms with Crippen LogP contribution in [-0.4, -0.2) is 35.7 Å². The number of rotatable bonds is 19. The van der Waals surface area contributed by atoms with Gasteiger partial charge in [-0.3, -0.25) is 4.90 Å². The van der Waals surface area contributed by atoms with E-state index in [0.29, 0.717) is 12.6 Å². The summed E-state index contributed by atoms with van der Waals surface area (Å²) >= 11 is 0. The Morgan fingerprint density at radius 2 is 1.00 bits per heavy atom. The van der Waals surface area contributed by atoms with Crippen LogP contribution in [0.25, 0.3) is 0 Å². The van der Waals surface area contributed by atoms with Crippen molar-refractivity contribution in [1.29, 1.82) is 0 Å². The van der Waals surface area contributed by atoms with Gasteiger partial charge in [0.2, 0.25) is 0 Å². The van der Waals surface area contributed by atoms with Crippen LogP contribution in [0.5, 0.6) is 0 Å². The molecule has 0 radical (unpaired) electrons. The zero-order valence-electron chi connectivity index (χ0n) is 17.2. The van der Waals surface area contributed by atoms with Crippen molar-refractivity contribution in [3.63, 3.8) is 0 Å². The fraction of sp³-hybridized carbons (Fsp3) is 1.00. The van der Waals surface area contributed by atoms with Gasteiger partial charge in [0.05, 0.1) is 6.61 Å². The van der Waals surface area contributed by atoms with Gasteiger partial charge >= 0.3 is 0 Å². The summed E-state index contributed by atoms with van der Waals surface area (Å²) in [4.78, 5) is 2.61. The third-order valence-electron chi connectivity index (χ3n) is 5.22. The molecule has 1 N–H and O–H groups in total. The van der Waals surface area contributed by atoms with Crippen LogP contribution < -0.4 is 0 Å². The molecule has 0 saturated carbocycles. The molecule has 24 heavy (non-hydrogen) atoms. The molecule has 0 aliphatic heterocycles. The highest BCUT2D eigenvalue weighted by Crippen LogP contribution is 2.14. The number of hydrogen-bond acceptors (Lipinski definition) is 2. The molecule has 0 saturated heterocycles. The maximum atomic E-state index is 9.83. The number of aliphatic hydroxyl groups is 1. The molecule has 0 amide bonds. The average Bonchev–Trinajstić information content (AvgIpc) is 2.60. The van der Waals surface area contributed by atoms with E-state index >= 15 is 0 Å². The second kappa shape index (κ2) is 19.2.